The van der Waals surface area contributed by atoms with Gasteiger partial charge in [-0.15, -0.1) is 0 Å². The zero-order chi connectivity index (χ0) is 59.8. The van der Waals surface area contributed by atoms with Crippen molar-refractivity contribution in [2.75, 3.05) is 26.4 Å². The number of hydrogen-bond donors (Lipinski definition) is 2. The fourth-order valence-corrected chi connectivity index (χ4v) is 9.98. The third-order valence-electron chi connectivity index (χ3n) is 14.3. The Morgan fingerprint density at radius 2 is 0.634 bits per heavy atom. The standard InChI is InChI=1S/C70H123O11P/c1-4-7-10-13-16-19-22-25-28-31-33-36-38-41-44-47-50-53-56-59-68(72)77-63-67(81-70(74)61-58-55-52-49-46-43-40-37-34-32-29-26-23-20-17-14-11-8-5-2)65-79-82(75,76)78-64-66(62-71)80-69(73)60-57-54-51-48-45-42-39-35-30-27-24-21-18-15-12-9-6-3/h8,11,17-18,20-21,25-30,34,37,66-67,71H,4-7,9-10,12-16,19,22-24,31-33,35-36,38-65H2,1-3H3,(H,75,76)/b11-8-,20-17-,21-18-,28-25-,29-26-,30-27-,37-34-. The van der Waals surface area contributed by atoms with Crippen molar-refractivity contribution in [1.82, 2.24) is 0 Å². The first-order chi connectivity index (χ1) is 40.2. The van der Waals surface area contributed by atoms with Crippen molar-refractivity contribution < 1.29 is 52.2 Å². The number of aliphatic hydroxyl groups is 1. The number of rotatable bonds is 62. The lowest BCUT2D eigenvalue weighted by atomic mass is 10.1. The van der Waals surface area contributed by atoms with Crippen molar-refractivity contribution in [3.8, 4) is 0 Å². The second-order valence-electron chi connectivity index (χ2n) is 22.2. The number of esters is 3. The lowest BCUT2D eigenvalue weighted by molar-refractivity contribution is -0.161. The number of hydrogen-bond acceptors (Lipinski definition) is 10. The van der Waals surface area contributed by atoms with E-state index in [9.17, 15) is 28.9 Å². The van der Waals surface area contributed by atoms with E-state index < -0.39 is 57.8 Å². The van der Waals surface area contributed by atoms with Gasteiger partial charge in [0, 0.05) is 19.3 Å². The number of ether oxygens (including phenoxy) is 3. The van der Waals surface area contributed by atoms with Gasteiger partial charge in [0.05, 0.1) is 19.8 Å². The van der Waals surface area contributed by atoms with Crippen LogP contribution >= 0.6 is 7.82 Å². The van der Waals surface area contributed by atoms with Crippen molar-refractivity contribution in [1.29, 1.82) is 0 Å². The molecule has 11 nitrogen and oxygen atoms in total. The van der Waals surface area contributed by atoms with E-state index >= 15 is 0 Å². The minimum Gasteiger partial charge on any atom is -0.462 e. The highest BCUT2D eigenvalue weighted by molar-refractivity contribution is 7.47. The lowest BCUT2D eigenvalue weighted by Crippen LogP contribution is -2.30. The molecule has 0 amide bonds. The molecule has 2 N–H and O–H groups in total. The van der Waals surface area contributed by atoms with Gasteiger partial charge in [-0.05, 0) is 116 Å². The van der Waals surface area contributed by atoms with Crippen LogP contribution in [0, 0.1) is 0 Å². The van der Waals surface area contributed by atoms with Gasteiger partial charge in [-0.3, -0.25) is 23.4 Å². The Labute approximate surface area is 502 Å². The van der Waals surface area contributed by atoms with Gasteiger partial charge in [0.2, 0.25) is 0 Å². The molecule has 0 rings (SSSR count). The fraction of sp³-hybridized carbons (Fsp3) is 0.757. The molecule has 12 heteroatoms. The van der Waals surface area contributed by atoms with E-state index in [0.29, 0.717) is 19.3 Å². The summed E-state index contributed by atoms with van der Waals surface area (Å²) in [7, 11) is -4.77. The predicted molar refractivity (Wildman–Crippen MR) is 344 cm³/mol. The van der Waals surface area contributed by atoms with E-state index in [1.807, 2.05) is 0 Å². The highest BCUT2D eigenvalue weighted by Gasteiger charge is 2.28. The Hall–Kier alpha value is -3.34. The van der Waals surface area contributed by atoms with Gasteiger partial charge in [-0.2, -0.15) is 0 Å². The molecule has 0 aromatic heterocycles. The minimum absolute atomic E-state index is 0.149. The van der Waals surface area contributed by atoms with Crippen LogP contribution in [0.5, 0.6) is 0 Å². The molecular weight excluding hydrogens is 1050 g/mol. The maximum Gasteiger partial charge on any atom is 0.472 e. The number of phosphoric ester groups is 1. The third kappa shape index (κ3) is 61.2. The largest absolute Gasteiger partial charge is 0.472 e. The molecule has 0 bridgehead atoms. The number of aliphatic hydroxyl groups excluding tert-OH is 1. The minimum atomic E-state index is -4.77. The molecule has 3 unspecified atom stereocenters. The van der Waals surface area contributed by atoms with Crippen LogP contribution in [0.1, 0.15) is 303 Å². The second kappa shape index (κ2) is 63.7. The number of allylic oxidation sites excluding steroid dienone is 14. The number of unbranched alkanes of at least 4 members (excludes halogenated alkanes) is 31. The maximum atomic E-state index is 13.0. The van der Waals surface area contributed by atoms with E-state index in [1.165, 1.54) is 122 Å². The van der Waals surface area contributed by atoms with Gasteiger partial charge in [-0.1, -0.05) is 254 Å². The van der Waals surface area contributed by atoms with Crippen molar-refractivity contribution in [3.63, 3.8) is 0 Å². The zero-order valence-electron chi connectivity index (χ0n) is 52.7. The molecule has 0 saturated heterocycles. The van der Waals surface area contributed by atoms with Crippen LogP contribution in [-0.4, -0.2) is 66.5 Å². The summed E-state index contributed by atoms with van der Waals surface area (Å²) in [5.74, 6) is -1.48. The molecule has 0 aliphatic carbocycles. The van der Waals surface area contributed by atoms with Crippen LogP contribution < -0.4 is 0 Å². The molecule has 0 spiro atoms. The van der Waals surface area contributed by atoms with Crippen LogP contribution in [0.15, 0.2) is 85.1 Å². The predicted octanol–water partition coefficient (Wildman–Crippen LogP) is 20.6. The second-order valence-corrected chi connectivity index (χ2v) is 23.7. The van der Waals surface area contributed by atoms with Crippen LogP contribution in [-0.2, 0) is 42.2 Å². The van der Waals surface area contributed by atoms with Crippen LogP contribution in [0.4, 0.5) is 0 Å². The van der Waals surface area contributed by atoms with Crippen molar-refractivity contribution in [2.24, 2.45) is 0 Å². The van der Waals surface area contributed by atoms with Crippen molar-refractivity contribution in [3.05, 3.63) is 85.1 Å². The average Bonchev–Trinajstić information content (AvgIpc) is 3.50. The topological polar surface area (TPSA) is 155 Å². The van der Waals surface area contributed by atoms with E-state index in [4.69, 9.17) is 23.3 Å². The Morgan fingerprint density at radius 1 is 0.354 bits per heavy atom. The average molecular weight is 1170 g/mol. The Balaban J connectivity index is 4.72. The zero-order valence-corrected chi connectivity index (χ0v) is 53.6. The Kier molecular flexibility index (Phi) is 61.1. The number of carbonyl (C=O) groups excluding carboxylic acids is 3. The molecule has 0 saturated carbocycles. The summed E-state index contributed by atoms with van der Waals surface area (Å²) in [6.45, 7) is 4.52. The summed E-state index contributed by atoms with van der Waals surface area (Å²) >= 11 is 0. The monoisotopic (exact) mass is 1170 g/mol. The van der Waals surface area contributed by atoms with Crippen molar-refractivity contribution in [2.45, 2.75) is 315 Å². The molecule has 0 aromatic carbocycles. The van der Waals surface area contributed by atoms with Crippen LogP contribution in [0.25, 0.3) is 0 Å². The number of phosphoric acid groups is 1. The third-order valence-corrected chi connectivity index (χ3v) is 15.2. The normalized spacial score (nSPS) is 13.8. The van der Waals surface area contributed by atoms with Crippen LogP contribution in [0.3, 0.4) is 0 Å². The summed E-state index contributed by atoms with van der Waals surface area (Å²) in [4.78, 5) is 48.8. The molecule has 0 fully saturated rings. The summed E-state index contributed by atoms with van der Waals surface area (Å²) in [5, 5.41) is 9.87. The summed E-state index contributed by atoms with van der Waals surface area (Å²) in [5.41, 5.74) is 0. The first-order valence-electron chi connectivity index (χ1n) is 33.5. The van der Waals surface area contributed by atoms with Crippen molar-refractivity contribution >= 4 is 25.7 Å². The maximum absolute atomic E-state index is 13.0. The lowest BCUT2D eigenvalue weighted by Gasteiger charge is -2.21. The van der Waals surface area contributed by atoms with Gasteiger partial charge in [0.15, 0.2) is 6.10 Å². The summed E-state index contributed by atoms with van der Waals surface area (Å²) in [6.07, 6.45) is 75.2. The molecule has 474 valence electrons. The summed E-state index contributed by atoms with van der Waals surface area (Å²) < 4.78 is 39.7. The van der Waals surface area contributed by atoms with E-state index in [0.717, 1.165) is 122 Å². The van der Waals surface area contributed by atoms with E-state index in [-0.39, 0.29) is 25.9 Å². The van der Waals surface area contributed by atoms with E-state index in [1.54, 1.807) is 0 Å². The van der Waals surface area contributed by atoms with Gasteiger partial charge in [-0.25, -0.2) is 4.57 Å². The Bertz CT molecular complexity index is 1700. The summed E-state index contributed by atoms with van der Waals surface area (Å²) in [6, 6.07) is 0. The molecule has 0 aliphatic rings. The molecule has 0 aromatic rings. The number of carbonyl (C=O) groups is 3. The molecular formula is C70H123O11P. The molecule has 0 radical (unpaired) electrons. The van der Waals surface area contributed by atoms with Gasteiger partial charge in [0.1, 0.15) is 12.7 Å². The highest BCUT2D eigenvalue weighted by Crippen LogP contribution is 2.43. The van der Waals surface area contributed by atoms with Gasteiger partial charge in [0.25, 0.3) is 0 Å². The molecule has 3 atom stereocenters. The molecule has 0 heterocycles. The smallest absolute Gasteiger partial charge is 0.462 e. The quantitative estimate of drug-likeness (QED) is 0.0197. The SMILES string of the molecule is CC/C=C\C/C=C\C/C=C\C/C=C\CCCCCCCCC(=O)OC(COC(=O)CCCCCCCCCCC/C=C\CCCCCCCC)COP(=O)(O)OCC(CO)OC(=O)CCCCCCCCC/C=C\C/C=C\CCCCC. The van der Waals surface area contributed by atoms with Gasteiger partial charge < -0.3 is 24.2 Å². The first kappa shape index (κ1) is 78.7. The van der Waals surface area contributed by atoms with Crippen LogP contribution in [0.2, 0.25) is 0 Å². The first-order valence-corrected chi connectivity index (χ1v) is 35.0. The molecule has 0 aliphatic heterocycles. The highest BCUT2D eigenvalue weighted by atomic mass is 31.2. The Morgan fingerprint density at radius 3 is 1.01 bits per heavy atom. The fourth-order valence-electron chi connectivity index (χ4n) is 9.20. The van der Waals surface area contributed by atoms with Gasteiger partial charge >= 0.3 is 25.7 Å². The van der Waals surface area contributed by atoms with E-state index in [2.05, 4.69) is 106 Å². The molecule has 82 heavy (non-hydrogen) atoms.